The van der Waals surface area contributed by atoms with Gasteiger partial charge in [0.05, 0.1) is 11.2 Å². The van der Waals surface area contributed by atoms with Gasteiger partial charge in [0.1, 0.15) is 5.82 Å². The fourth-order valence-corrected chi connectivity index (χ4v) is 2.56. The van der Waals surface area contributed by atoms with Gasteiger partial charge in [0.2, 0.25) is 0 Å². The molecule has 1 atom stereocenters. The molecule has 1 fully saturated rings. The topological polar surface area (TPSA) is 56.3 Å². The predicted octanol–water partition coefficient (Wildman–Crippen LogP) is 1.90. The quantitative estimate of drug-likeness (QED) is 0.824. The van der Waals surface area contributed by atoms with Gasteiger partial charge >= 0.3 is 0 Å². The average molecular weight is 262 g/mol. The molecule has 1 aromatic carbocycles. The third-order valence-corrected chi connectivity index (χ3v) is 3.61. The first-order valence-corrected chi connectivity index (χ1v) is 6.25. The Morgan fingerprint density at radius 3 is 3.00 bits per heavy atom. The number of hydrogen-bond acceptors (Lipinski definition) is 2. The van der Waals surface area contributed by atoms with E-state index >= 15 is 0 Å². The number of fused-ring (bicyclic) bond motifs is 1. The number of halogens is 1. The summed E-state index contributed by atoms with van der Waals surface area (Å²) in [6.45, 7) is 2.60. The average Bonchev–Trinajstić information content (AvgIpc) is 2.91. The molecule has 4 nitrogen and oxygen atoms in total. The summed E-state index contributed by atoms with van der Waals surface area (Å²) in [5.41, 5.74) is 0.315. The van der Waals surface area contributed by atoms with Gasteiger partial charge in [-0.25, -0.2) is 4.39 Å². The lowest BCUT2D eigenvalue weighted by Gasteiger charge is -2.18. The molecular weight excluding hydrogens is 247 g/mol. The Hall–Kier alpha value is -1.88. The van der Waals surface area contributed by atoms with Crippen LogP contribution in [0, 0.1) is 5.82 Å². The number of carbonyl (C=O) groups is 1. The molecule has 0 spiro atoms. The van der Waals surface area contributed by atoms with E-state index in [0.717, 1.165) is 0 Å². The Morgan fingerprint density at radius 1 is 1.53 bits per heavy atom. The molecular formula is C14H15FN2O2. The van der Waals surface area contributed by atoms with Crippen LogP contribution in [-0.2, 0) is 0 Å². The number of rotatable bonds is 1. The highest BCUT2D eigenvalue weighted by atomic mass is 19.1. The van der Waals surface area contributed by atoms with Crippen LogP contribution in [0.1, 0.15) is 23.7 Å². The molecule has 0 radical (unpaired) electrons. The van der Waals surface area contributed by atoms with Crippen molar-refractivity contribution in [2.75, 3.05) is 13.1 Å². The maximum absolute atomic E-state index is 13.1. The number of amides is 1. The Morgan fingerprint density at radius 2 is 2.32 bits per heavy atom. The van der Waals surface area contributed by atoms with E-state index < -0.39 is 5.60 Å². The van der Waals surface area contributed by atoms with Crippen molar-refractivity contribution in [2.24, 2.45) is 0 Å². The number of aliphatic hydroxyl groups is 1. The van der Waals surface area contributed by atoms with Crippen molar-refractivity contribution in [1.82, 2.24) is 9.88 Å². The molecule has 2 heterocycles. The van der Waals surface area contributed by atoms with Crippen molar-refractivity contribution in [3.63, 3.8) is 0 Å². The van der Waals surface area contributed by atoms with Crippen LogP contribution in [0.5, 0.6) is 0 Å². The lowest BCUT2D eigenvalue weighted by molar-refractivity contribution is 0.0573. The molecule has 1 aromatic heterocycles. The van der Waals surface area contributed by atoms with Crippen LogP contribution in [0.25, 0.3) is 10.9 Å². The van der Waals surface area contributed by atoms with Gasteiger partial charge in [-0.1, -0.05) is 0 Å². The van der Waals surface area contributed by atoms with E-state index in [-0.39, 0.29) is 11.7 Å². The Bertz CT molecular complexity index is 648. The van der Waals surface area contributed by atoms with Gasteiger partial charge in [0.25, 0.3) is 5.91 Å². The van der Waals surface area contributed by atoms with Gasteiger partial charge in [-0.15, -0.1) is 0 Å². The number of H-pyrrole nitrogens is 1. The molecule has 1 amide bonds. The van der Waals surface area contributed by atoms with Gasteiger partial charge < -0.3 is 15.0 Å². The smallest absolute Gasteiger partial charge is 0.256 e. The highest BCUT2D eigenvalue weighted by Gasteiger charge is 2.34. The van der Waals surface area contributed by atoms with E-state index in [1.807, 2.05) is 0 Å². The van der Waals surface area contributed by atoms with Crippen molar-refractivity contribution in [3.05, 3.63) is 35.8 Å². The van der Waals surface area contributed by atoms with Crippen molar-refractivity contribution in [1.29, 1.82) is 0 Å². The van der Waals surface area contributed by atoms with Crippen LogP contribution in [0.2, 0.25) is 0 Å². The van der Waals surface area contributed by atoms with E-state index in [1.165, 1.54) is 12.1 Å². The van der Waals surface area contributed by atoms with Crippen LogP contribution >= 0.6 is 0 Å². The highest BCUT2D eigenvalue weighted by molar-refractivity contribution is 6.06. The molecule has 0 saturated carbocycles. The molecule has 19 heavy (non-hydrogen) atoms. The standard InChI is InChI=1S/C14H15FN2O2/c1-14(19)4-5-17(8-14)13(18)11-7-16-12-6-9(15)2-3-10(11)12/h2-3,6-7,16,19H,4-5,8H2,1H3/t14-/m1/s1. The maximum Gasteiger partial charge on any atom is 0.256 e. The zero-order valence-corrected chi connectivity index (χ0v) is 10.6. The largest absolute Gasteiger partial charge is 0.388 e. The first-order valence-electron chi connectivity index (χ1n) is 6.25. The van der Waals surface area contributed by atoms with Crippen molar-refractivity contribution in [3.8, 4) is 0 Å². The number of carbonyl (C=O) groups excluding carboxylic acids is 1. The van der Waals surface area contributed by atoms with Crippen molar-refractivity contribution < 1.29 is 14.3 Å². The minimum atomic E-state index is -0.812. The number of aromatic amines is 1. The minimum absolute atomic E-state index is 0.129. The van der Waals surface area contributed by atoms with Gasteiger partial charge in [0.15, 0.2) is 0 Å². The third-order valence-electron chi connectivity index (χ3n) is 3.61. The Kier molecular flexibility index (Phi) is 2.60. The summed E-state index contributed by atoms with van der Waals surface area (Å²) in [5, 5.41) is 10.6. The van der Waals surface area contributed by atoms with E-state index in [9.17, 15) is 14.3 Å². The summed E-state index contributed by atoms with van der Waals surface area (Å²) < 4.78 is 13.1. The fourth-order valence-electron chi connectivity index (χ4n) is 2.56. The number of likely N-dealkylation sites (tertiary alicyclic amines) is 1. The predicted molar refractivity (Wildman–Crippen MR) is 69.4 cm³/mol. The second kappa shape index (κ2) is 4.06. The van der Waals surface area contributed by atoms with E-state index in [1.54, 1.807) is 24.1 Å². The van der Waals surface area contributed by atoms with Gasteiger partial charge in [0, 0.05) is 30.2 Å². The second-order valence-corrected chi connectivity index (χ2v) is 5.37. The molecule has 5 heteroatoms. The molecule has 1 saturated heterocycles. The fraction of sp³-hybridized carbons (Fsp3) is 0.357. The van der Waals surface area contributed by atoms with Gasteiger partial charge in [-0.05, 0) is 31.5 Å². The highest BCUT2D eigenvalue weighted by Crippen LogP contribution is 2.25. The molecule has 0 unspecified atom stereocenters. The number of benzene rings is 1. The zero-order chi connectivity index (χ0) is 13.6. The zero-order valence-electron chi connectivity index (χ0n) is 10.6. The first kappa shape index (κ1) is 12.2. The van der Waals surface area contributed by atoms with E-state index in [4.69, 9.17) is 0 Å². The molecule has 1 aliphatic heterocycles. The SMILES string of the molecule is C[C@@]1(O)CCN(C(=O)c2c[nH]c3cc(F)ccc23)C1. The first-order chi connectivity index (χ1) is 8.96. The van der Waals surface area contributed by atoms with Crippen molar-refractivity contribution >= 4 is 16.8 Å². The van der Waals surface area contributed by atoms with Crippen LogP contribution in [0.15, 0.2) is 24.4 Å². The summed E-state index contributed by atoms with van der Waals surface area (Å²) >= 11 is 0. The lowest BCUT2D eigenvalue weighted by atomic mass is 10.1. The third kappa shape index (κ3) is 2.10. The summed E-state index contributed by atoms with van der Waals surface area (Å²) in [6.07, 6.45) is 2.18. The number of nitrogens with zero attached hydrogens (tertiary/aromatic N) is 1. The molecule has 100 valence electrons. The van der Waals surface area contributed by atoms with Crippen molar-refractivity contribution in [2.45, 2.75) is 18.9 Å². The van der Waals surface area contributed by atoms with Gasteiger partial charge in [-0.3, -0.25) is 4.79 Å². The lowest BCUT2D eigenvalue weighted by Crippen LogP contribution is -2.33. The summed E-state index contributed by atoms with van der Waals surface area (Å²) in [5.74, 6) is -0.465. The normalized spacial score (nSPS) is 23.2. The summed E-state index contributed by atoms with van der Waals surface area (Å²) in [6, 6.07) is 4.31. The summed E-state index contributed by atoms with van der Waals surface area (Å²) in [4.78, 5) is 16.9. The number of β-amino-alcohol motifs (C(OH)–C–C–N with tert-alkyl or cyclic N) is 1. The summed E-state index contributed by atoms with van der Waals surface area (Å²) in [7, 11) is 0. The number of hydrogen-bond donors (Lipinski definition) is 2. The van der Waals surface area contributed by atoms with Crippen LogP contribution in [-0.4, -0.2) is 39.6 Å². The molecule has 2 aromatic rings. The molecule has 2 N–H and O–H groups in total. The Balaban J connectivity index is 1.94. The Labute approximate surface area is 109 Å². The van der Waals surface area contributed by atoms with Crippen LogP contribution in [0.3, 0.4) is 0 Å². The minimum Gasteiger partial charge on any atom is -0.388 e. The molecule has 0 aliphatic carbocycles. The van der Waals surface area contributed by atoms with E-state index in [2.05, 4.69) is 4.98 Å². The van der Waals surface area contributed by atoms with Gasteiger partial charge in [-0.2, -0.15) is 0 Å². The molecule has 1 aliphatic rings. The number of aromatic nitrogens is 1. The molecule has 0 bridgehead atoms. The second-order valence-electron chi connectivity index (χ2n) is 5.37. The maximum atomic E-state index is 13.1. The van der Waals surface area contributed by atoms with Crippen LogP contribution < -0.4 is 0 Å². The van der Waals surface area contributed by atoms with E-state index in [0.29, 0.717) is 36.0 Å². The number of nitrogens with one attached hydrogen (secondary N) is 1. The monoisotopic (exact) mass is 262 g/mol. The molecule has 3 rings (SSSR count). The van der Waals surface area contributed by atoms with Crippen LogP contribution in [0.4, 0.5) is 4.39 Å².